The molecule has 7 rings (SSSR count). The molecule has 1 amide bonds. The minimum Gasteiger partial charge on any atom is -0.494 e. The first-order chi connectivity index (χ1) is 29.0. The van der Waals surface area contributed by atoms with E-state index in [1.54, 1.807) is 18.4 Å². The highest BCUT2D eigenvalue weighted by Gasteiger charge is 2.27. The van der Waals surface area contributed by atoms with Gasteiger partial charge < -0.3 is 39.8 Å². The van der Waals surface area contributed by atoms with Gasteiger partial charge in [-0.15, -0.1) is 21.5 Å². The Bertz CT molecular complexity index is 2180. The van der Waals surface area contributed by atoms with E-state index in [0.29, 0.717) is 36.3 Å². The Morgan fingerprint density at radius 2 is 1.77 bits per heavy atom. The summed E-state index contributed by atoms with van der Waals surface area (Å²) in [6.45, 7) is 14.9. The highest BCUT2D eigenvalue weighted by Crippen LogP contribution is 2.37. The predicted octanol–water partition coefficient (Wildman–Crippen LogP) is 8.17. The third-order valence-electron chi connectivity index (χ3n) is 10.6. The molecule has 2 aliphatic rings. The molecule has 3 aromatic carbocycles. The van der Waals surface area contributed by atoms with Crippen molar-refractivity contribution in [2.24, 2.45) is 5.92 Å². The average molecular weight is 835 g/mol. The van der Waals surface area contributed by atoms with Crippen LogP contribution in [0.4, 0.5) is 22.0 Å². The maximum Gasteiger partial charge on any atom is 0.407 e. The third kappa shape index (κ3) is 11.6. The number of para-hydroxylation sites is 1. The van der Waals surface area contributed by atoms with Gasteiger partial charge in [-0.3, -0.25) is 4.90 Å². The lowest BCUT2D eigenvalue weighted by molar-refractivity contribution is 0.0513. The number of hydrogen-bond acceptors (Lipinski definition) is 13. The molecule has 0 unspecified atom stereocenters. The van der Waals surface area contributed by atoms with Gasteiger partial charge in [0.25, 0.3) is 0 Å². The van der Waals surface area contributed by atoms with E-state index in [2.05, 4.69) is 77.7 Å². The zero-order valence-electron chi connectivity index (χ0n) is 35.5. The number of aryl methyl sites for hydroxylation is 1. The number of benzene rings is 3. The van der Waals surface area contributed by atoms with Gasteiger partial charge in [-0.2, -0.15) is 0 Å². The minimum absolute atomic E-state index is 0.148. The summed E-state index contributed by atoms with van der Waals surface area (Å²) in [5, 5.41) is 11.7. The van der Waals surface area contributed by atoms with Gasteiger partial charge in [-0.25, -0.2) is 9.78 Å². The fourth-order valence-electron chi connectivity index (χ4n) is 7.38. The molecule has 0 radical (unpaired) electrons. The molecule has 3 heterocycles. The summed E-state index contributed by atoms with van der Waals surface area (Å²) in [5.74, 6) is 2.65. The Morgan fingerprint density at radius 1 is 0.983 bits per heavy atom. The van der Waals surface area contributed by atoms with Crippen LogP contribution >= 0.6 is 11.3 Å². The molecule has 0 bridgehead atoms. The van der Waals surface area contributed by atoms with Crippen molar-refractivity contribution in [3.05, 3.63) is 95.1 Å². The number of carbonyl (C=O) groups excluding carboxylic acids is 1. The number of carbonyl (C=O) groups is 1. The maximum atomic E-state index is 12.6. The van der Waals surface area contributed by atoms with Gasteiger partial charge in [-0.1, -0.05) is 36.4 Å². The normalized spacial score (nSPS) is 14.5. The van der Waals surface area contributed by atoms with Crippen molar-refractivity contribution >= 4 is 34.6 Å². The van der Waals surface area contributed by atoms with Crippen LogP contribution in [0, 0.1) is 12.8 Å². The molecule has 13 nitrogen and oxygen atoms in total. The molecule has 1 saturated heterocycles. The number of piperazine rings is 1. The minimum atomic E-state index is -0.563. The van der Waals surface area contributed by atoms with Gasteiger partial charge in [0.1, 0.15) is 17.1 Å². The van der Waals surface area contributed by atoms with Crippen molar-refractivity contribution in [3.63, 3.8) is 0 Å². The lowest BCUT2D eigenvalue weighted by atomic mass is 10.0. The fourth-order valence-corrected chi connectivity index (χ4v) is 8.18. The molecule has 1 aliphatic carbocycles. The Kier molecular flexibility index (Phi) is 14.0. The highest BCUT2D eigenvalue weighted by atomic mass is 32.1. The molecule has 60 heavy (non-hydrogen) atoms. The standard InChI is InChI=1S/C46H58N8O5S/c1-32-43(60-30-49-32)35-15-16-36(27-48-45(55)59-46(2,3)4)40(25-35)54(29-34-11-12-34)19-8-24-57-37-17-13-33(14-18-37)28-52-20-22-53(23-21-52)41-26-39(50-51-44(41)47)38-9-6-7-10-42(38)58-31-56-5/h6-7,9-10,13-18,25-26,30,34H,8,11-12,19-24,27-29,31H2,1-5H3,(H2,47,51)(H,48,55). The number of methoxy groups -OCH3 is 1. The Balaban J connectivity index is 0.923. The van der Waals surface area contributed by atoms with Crippen molar-refractivity contribution in [1.29, 1.82) is 0 Å². The van der Waals surface area contributed by atoms with Gasteiger partial charge in [0.15, 0.2) is 12.6 Å². The Morgan fingerprint density at radius 3 is 2.48 bits per heavy atom. The van der Waals surface area contributed by atoms with E-state index >= 15 is 0 Å². The summed E-state index contributed by atoms with van der Waals surface area (Å²) in [4.78, 5) is 25.5. The van der Waals surface area contributed by atoms with E-state index < -0.39 is 11.7 Å². The number of aromatic nitrogens is 3. The number of nitrogens with two attached hydrogens (primary N) is 1. The molecular formula is C46H58N8O5S. The van der Waals surface area contributed by atoms with Crippen molar-refractivity contribution in [2.75, 3.05) is 75.3 Å². The number of rotatable bonds is 18. The maximum absolute atomic E-state index is 12.6. The number of anilines is 3. The molecule has 0 atom stereocenters. The summed E-state index contributed by atoms with van der Waals surface area (Å²) in [5.41, 5.74) is 15.7. The van der Waals surface area contributed by atoms with Gasteiger partial charge >= 0.3 is 6.09 Å². The highest BCUT2D eigenvalue weighted by molar-refractivity contribution is 7.13. The lowest BCUT2D eigenvalue weighted by Crippen LogP contribution is -2.46. The second kappa shape index (κ2) is 19.7. The topological polar surface area (TPSA) is 140 Å². The van der Waals surface area contributed by atoms with Gasteiger partial charge in [0, 0.05) is 70.7 Å². The molecule has 318 valence electrons. The summed E-state index contributed by atoms with van der Waals surface area (Å²) in [6, 6.07) is 24.7. The SMILES string of the molecule is COCOc1ccccc1-c1cc(N2CCN(Cc3ccc(OCCCN(CC4CC4)c4cc(-c5scnc5C)ccc4CNC(=O)OC(C)(C)C)cc3)CC2)c(N)nn1. The summed E-state index contributed by atoms with van der Waals surface area (Å²) < 4.78 is 22.7. The number of nitrogens with one attached hydrogen (secondary N) is 1. The Labute approximate surface area is 357 Å². The molecule has 2 aromatic heterocycles. The van der Waals surface area contributed by atoms with Gasteiger partial charge in [-0.05, 0) is 106 Å². The molecule has 2 fully saturated rings. The molecule has 3 N–H and O–H groups in total. The van der Waals surface area contributed by atoms with E-state index in [9.17, 15) is 4.79 Å². The van der Waals surface area contributed by atoms with Crippen LogP contribution in [-0.2, 0) is 22.6 Å². The van der Waals surface area contributed by atoms with Crippen LogP contribution in [0.25, 0.3) is 21.7 Å². The predicted molar refractivity (Wildman–Crippen MR) is 239 cm³/mol. The first-order valence-corrected chi connectivity index (χ1v) is 21.7. The van der Waals surface area contributed by atoms with E-state index in [0.717, 1.165) is 96.6 Å². The van der Waals surface area contributed by atoms with Crippen molar-refractivity contribution < 1.29 is 23.7 Å². The lowest BCUT2D eigenvalue weighted by Gasteiger charge is -2.36. The van der Waals surface area contributed by atoms with E-state index in [-0.39, 0.29) is 6.79 Å². The van der Waals surface area contributed by atoms with E-state index in [1.165, 1.54) is 18.4 Å². The average Bonchev–Trinajstić information content (AvgIpc) is 3.96. The molecule has 1 aliphatic heterocycles. The summed E-state index contributed by atoms with van der Waals surface area (Å²) in [6.07, 6.45) is 2.92. The molecular weight excluding hydrogens is 777 g/mol. The van der Waals surface area contributed by atoms with Crippen LogP contribution in [0.3, 0.4) is 0 Å². The molecule has 5 aromatic rings. The largest absolute Gasteiger partial charge is 0.494 e. The number of amides is 1. The Hall–Kier alpha value is -5.44. The number of alkyl carbamates (subject to hydrolysis) is 1. The second-order valence-electron chi connectivity index (χ2n) is 16.5. The van der Waals surface area contributed by atoms with Gasteiger partial charge in [0.05, 0.1) is 34.1 Å². The zero-order valence-corrected chi connectivity index (χ0v) is 36.3. The zero-order chi connectivity index (χ0) is 42.1. The van der Waals surface area contributed by atoms with Crippen LogP contribution in [0.1, 0.15) is 56.9 Å². The van der Waals surface area contributed by atoms with Crippen LogP contribution in [0.2, 0.25) is 0 Å². The first-order valence-electron chi connectivity index (χ1n) is 20.8. The van der Waals surface area contributed by atoms with E-state index in [4.69, 9.17) is 24.7 Å². The summed E-state index contributed by atoms with van der Waals surface area (Å²) >= 11 is 1.65. The number of ether oxygens (including phenoxy) is 4. The quantitative estimate of drug-likeness (QED) is 0.0650. The monoisotopic (exact) mass is 834 g/mol. The first kappa shape index (κ1) is 42.7. The van der Waals surface area contributed by atoms with Crippen LogP contribution in [0.15, 0.2) is 78.3 Å². The number of thiazole rings is 1. The van der Waals surface area contributed by atoms with Gasteiger partial charge in [0.2, 0.25) is 0 Å². The molecule has 0 spiro atoms. The van der Waals surface area contributed by atoms with E-state index in [1.807, 2.05) is 63.5 Å². The van der Waals surface area contributed by atoms with Crippen LogP contribution in [-0.4, -0.2) is 91.6 Å². The van der Waals surface area contributed by atoms with Crippen molar-refractivity contribution in [3.8, 4) is 33.2 Å². The third-order valence-corrected chi connectivity index (χ3v) is 11.6. The van der Waals surface area contributed by atoms with Crippen molar-refractivity contribution in [2.45, 2.75) is 65.6 Å². The smallest absolute Gasteiger partial charge is 0.407 e. The molecule has 1 saturated carbocycles. The second-order valence-corrected chi connectivity index (χ2v) is 17.4. The number of nitrogens with zero attached hydrogens (tertiary/aromatic N) is 6. The summed E-state index contributed by atoms with van der Waals surface area (Å²) in [7, 11) is 1.60. The fraction of sp³-hybridized carbons (Fsp3) is 0.435. The van der Waals surface area contributed by atoms with Crippen molar-refractivity contribution in [1.82, 2.24) is 25.4 Å². The van der Waals surface area contributed by atoms with Crippen LogP contribution < -0.4 is 30.3 Å². The number of hydrogen-bond donors (Lipinski definition) is 2. The number of nitrogen functional groups attached to an aromatic ring is 1. The molecule has 14 heteroatoms. The van der Waals surface area contributed by atoms with Crippen LogP contribution in [0.5, 0.6) is 11.5 Å².